The maximum Gasteiger partial charge on any atom is 0.308 e. The van der Waals surface area contributed by atoms with Crippen molar-refractivity contribution in [3.8, 4) is 17.2 Å². The van der Waals surface area contributed by atoms with Crippen molar-refractivity contribution < 1.29 is 33.4 Å². The minimum atomic E-state index is -0.435. The Kier molecular flexibility index (Phi) is 4.84. The molecule has 35 heavy (non-hydrogen) atoms. The number of fused-ring (bicyclic) bond motifs is 8. The molecule has 2 aliphatic heterocycles. The van der Waals surface area contributed by atoms with Gasteiger partial charge in [0.2, 0.25) is 11.8 Å². The van der Waals surface area contributed by atoms with E-state index in [2.05, 4.69) is 5.16 Å². The first-order valence-corrected chi connectivity index (χ1v) is 11.5. The number of anilines is 1. The zero-order valence-corrected chi connectivity index (χ0v) is 19.5. The van der Waals surface area contributed by atoms with Crippen molar-refractivity contribution in [2.75, 3.05) is 19.1 Å². The molecule has 2 saturated carbocycles. The van der Waals surface area contributed by atoms with Gasteiger partial charge in [-0.3, -0.25) is 19.3 Å². The normalized spacial score (nSPS) is 30.0. The number of methoxy groups -OCH3 is 2. The fourth-order valence-corrected chi connectivity index (χ4v) is 6.44. The van der Waals surface area contributed by atoms with E-state index in [1.165, 1.54) is 11.8 Å². The molecule has 2 amide bonds. The predicted octanol–water partition coefficient (Wildman–Crippen LogP) is 2.80. The molecule has 0 unspecified atom stereocenters. The fourth-order valence-electron chi connectivity index (χ4n) is 6.44. The number of esters is 1. The summed E-state index contributed by atoms with van der Waals surface area (Å²) in [4.78, 5) is 45.4. The second kappa shape index (κ2) is 7.83. The van der Waals surface area contributed by atoms with Gasteiger partial charge in [-0.2, -0.15) is 0 Å². The number of nitrogens with zero attached hydrogens (tertiary/aromatic N) is 2. The molecule has 0 N–H and O–H groups in total. The van der Waals surface area contributed by atoms with Crippen molar-refractivity contribution >= 4 is 29.2 Å². The van der Waals surface area contributed by atoms with Gasteiger partial charge in [-0.1, -0.05) is 5.16 Å². The number of hydrogen-bond acceptors (Lipinski definition) is 8. The Hall–Kier alpha value is -3.88. The summed E-state index contributed by atoms with van der Waals surface area (Å²) in [7, 11) is 3.16. The molecule has 3 fully saturated rings. The molecule has 0 radical (unpaired) electrons. The van der Waals surface area contributed by atoms with Gasteiger partial charge in [0, 0.05) is 24.3 Å². The van der Waals surface area contributed by atoms with Crippen LogP contribution >= 0.6 is 0 Å². The van der Waals surface area contributed by atoms with Crippen LogP contribution in [0.15, 0.2) is 47.6 Å². The van der Waals surface area contributed by atoms with Gasteiger partial charge in [0.25, 0.3) is 0 Å². The first-order chi connectivity index (χ1) is 16.9. The van der Waals surface area contributed by atoms with Crippen LogP contribution in [0.5, 0.6) is 17.2 Å². The van der Waals surface area contributed by atoms with E-state index in [0.29, 0.717) is 22.9 Å². The van der Waals surface area contributed by atoms with Gasteiger partial charge < -0.3 is 19.0 Å². The average Bonchev–Trinajstić information content (AvgIpc) is 3.59. The summed E-state index contributed by atoms with van der Waals surface area (Å²) >= 11 is 0. The average molecular weight is 476 g/mol. The van der Waals surface area contributed by atoms with E-state index in [1.54, 1.807) is 38.5 Å². The third-order valence-electron chi connectivity index (χ3n) is 7.73. The van der Waals surface area contributed by atoms with Crippen LogP contribution in [0.4, 0.5) is 5.69 Å². The number of rotatable bonds is 5. The first kappa shape index (κ1) is 21.6. The smallest absolute Gasteiger partial charge is 0.308 e. The molecule has 1 saturated heterocycles. The second-order valence-corrected chi connectivity index (χ2v) is 9.36. The van der Waals surface area contributed by atoms with Crippen LogP contribution in [0.2, 0.25) is 0 Å². The number of imide groups is 1. The zero-order valence-electron chi connectivity index (χ0n) is 19.5. The molecule has 2 heterocycles. The van der Waals surface area contributed by atoms with E-state index >= 15 is 0 Å². The second-order valence-electron chi connectivity index (χ2n) is 9.36. The molecule has 9 heteroatoms. The van der Waals surface area contributed by atoms with Gasteiger partial charge in [-0.15, -0.1) is 0 Å². The van der Waals surface area contributed by atoms with E-state index in [9.17, 15) is 14.4 Å². The minimum Gasteiger partial charge on any atom is -0.493 e. The molecule has 2 aromatic rings. The lowest BCUT2D eigenvalue weighted by molar-refractivity contribution is -0.132. The molecule has 2 aliphatic carbocycles. The van der Waals surface area contributed by atoms with Crippen molar-refractivity contribution in [1.82, 2.24) is 0 Å². The highest BCUT2D eigenvalue weighted by atomic mass is 16.6. The van der Waals surface area contributed by atoms with Crippen molar-refractivity contribution in [2.45, 2.75) is 19.4 Å². The van der Waals surface area contributed by atoms with Crippen LogP contribution in [-0.2, 0) is 19.2 Å². The van der Waals surface area contributed by atoms with Crippen LogP contribution in [0, 0.1) is 29.6 Å². The number of hydrogen-bond donors (Lipinski definition) is 0. The standard InChI is InChI=1S/C26H24N2O7/c1-12(29)34-15-7-5-14(6-8-15)28-25(30)20-16-11-17(21(20)26(28)31)24-22(16)23(27-35-24)13-4-9-18(32-2)19(10-13)33-3/h4-10,16-17,20-22,24H,11H2,1-3H3/t16-,17+,20-,21-,22-,24-/m1/s1. The Morgan fingerprint density at radius 2 is 1.63 bits per heavy atom. The molecule has 0 spiro atoms. The van der Waals surface area contributed by atoms with Gasteiger partial charge >= 0.3 is 5.97 Å². The van der Waals surface area contributed by atoms with Gasteiger partial charge in [0.05, 0.1) is 37.5 Å². The van der Waals surface area contributed by atoms with E-state index in [0.717, 1.165) is 17.7 Å². The van der Waals surface area contributed by atoms with E-state index in [-0.39, 0.29) is 35.7 Å². The van der Waals surface area contributed by atoms with Crippen LogP contribution in [0.3, 0.4) is 0 Å². The third-order valence-corrected chi connectivity index (χ3v) is 7.73. The first-order valence-electron chi connectivity index (χ1n) is 11.5. The summed E-state index contributed by atoms with van der Waals surface area (Å²) in [5, 5.41) is 4.39. The van der Waals surface area contributed by atoms with Gasteiger partial charge in [0.1, 0.15) is 11.9 Å². The highest BCUT2D eigenvalue weighted by Gasteiger charge is 2.70. The molecular formula is C26H24N2O7. The number of carbonyl (C=O) groups is 3. The Morgan fingerprint density at radius 3 is 2.29 bits per heavy atom. The maximum atomic E-state index is 13.6. The fraction of sp³-hybridized carbons (Fsp3) is 0.385. The SMILES string of the molecule is COc1ccc(C2=NO[C@@H]3[C@H]4C[C@H]([C@H]5C(=O)N(c6ccc(OC(C)=O)cc6)C(=O)[C@H]45)[C@H]23)cc1OC. The monoisotopic (exact) mass is 476 g/mol. The highest BCUT2D eigenvalue weighted by molar-refractivity contribution is 6.23. The maximum absolute atomic E-state index is 13.6. The van der Waals surface area contributed by atoms with E-state index in [4.69, 9.17) is 19.0 Å². The van der Waals surface area contributed by atoms with Crippen LogP contribution in [0.25, 0.3) is 0 Å². The Balaban J connectivity index is 1.28. The van der Waals surface area contributed by atoms with E-state index in [1.807, 2.05) is 18.2 Å². The number of oxime groups is 1. The number of benzene rings is 2. The lowest BCUT2D eigenvalue weighted by atomic mass is 9.71. The molecule has 2 bridgehead atoms. The van der Waals surface area contributed by atoms with Gasteiger partial charge in [-0.25, -0.2) is 0 Å². The van der Waals surface area contributed by atoms with Crippen LogP contribution < -0.4 is 19.1 Å². The summed E-state index contributed by atoms with van der Waals surface area (Å²) in [5.74, 6) is -0.253. The number of ether oxygens (including phenoxy) is 3. The molecule has 6 rings (SSSR count). The molecule has 180 valence electrons. The molecular weight excluding hydrogens is 452 g/mol. The van der Waals surface area contributed by atoms with Gasteiger partial charge in [0.15, 0.2) is 11.5 Å². The van der Waals surface area contributed by atoms with Crippen LogP contribution in [0.1, 0.15) is 18.9 Å². The largest absolute Gasteiger partial charge is 0.493 e. The molecule has 4 aliphatic rings. The summed E-state index contributed by atoms with van der Waals surface area (Å²) in [6.07, 6.45) is 0.528. The Bertz CT molecular complexity index is 1270. The summed E-state index contributed by atoms with van der Waals surface area (Å²) in [6, 6.07) is 12.0. The third kappa shape index (κ3) is 3.07. The number of amides is 2. The lowest BCUT2D eigenvalue weighted by Gasteiger charge is -2.29. The van der Waals surface area contributed by atoms with Crippen LogP contribution in [-0.4, -0.2) is 43.8 Å². The quantitative estimate of drug-likeness (QED) is 0.371. The van der Waals surface area contributed by atoms with Crippen molar-refractivity contribution in [1.29, 1.82) is 0 Å². The summed E-state index contributed by atoms with van der Waals surface area (Å²) in [5.41, 5.74) is 2.12. The topological polar surface area (TPSA) is 104 Å². The predicted molar refractivity (Wildman–Crippen MR) is 123 cm³/mol. The van der Waals surface area contributed by atoms with Crippen molar-refractivity contribution in [2.24, 2.45) is 34.7 Å². The molecule has 9 nitrogen and oxygen atoms in total. The Morgan fingerprint density at radius 1 is 0.943 bits per heavy atom. The van der Waals surface area contributed by atoms with Crippen molar-refractivity contribution in [3.63, 3.8) is 0 Å². The number of carbonyl (C=O) groups excluding carboxylic acids is 3. The molecule has 0 aromatic heterocycles. The van der Waals surface area contributed by atoms with Crippen molar-refractivity contribution in [3.05, 3.63) is 48.0 Å². The minimum absolute atomic E-state index is 0.0360. The van der Waals surface area contributed by atoms with Gasteiger partial charge in [-0.05, 0) is 54.8 Å². The highest BCUT2D eigenvalue weighted by Crippen LogP contribution is 2.62. The molecule has 6 atom stereocenters. The Labute approximate surface area is 201 Å². The zero-order chi connectivity index (χ0) is 24.4. The molecule has 2 aromatic carbocycles. The lowest BCUT2D eigenvalue weighted by Crippen LogP contribution is -2.41. The van der Waals surface area contributed by atoms with E-state index < -0.39 is 17.8 Å². The summed E-state index contributed by atoms with van der Waals surface area (Å²) < 4.78 is 15.9. The summed E-state index contributed by atoms with van der Waals surface area (Å²) in [6.45, 7) is 1.32.